The molecule has 0 aliphatic carbocycles. The molecule has 1 atom stereocenters. The molecule has 0 radical (unpaired) electrons. The van der Waals surface area contributed by atoms with E-state index in [1.807, 2.05) is 35.0 Å². The highest BCUT2D eigenvalue weighted by Crippen LogP contribution is 2.22. The van der Waals surface area contributed by atoms with Gasteiger partial charge in [-0.25, -0.2) is 8.42 Å². The first-order valence-corrected chi connectivity index (χ1v) is 9.40. The summed E-state index contributed by atoms with van der Waals surface area (Å²) in [5.41, 5.74) is 1.54. The predicted molar refractivity (Wildman–Crippen MR) is 88.3 cm³/mol. The Morgan fingerprint density at radius 3 is 2.87 bits per heavy atom. The molecule has 1 aliphatic rings. The van der Waals surface area contributed by atoms with Crippen LogP contribution in [-0.4, -0.2) is 50.2 Å². The number of rotatable bonds is 5. The summed E-state index contributed by atoms with van der Waals surface area (Å²) in [4.78, 5) is 12.6. The minimum Gasteiger partial charge on any atom is -0.383 e. The van der Waals surface area contributed by atoms with Crippen LogP contribution in [0.15, 0.2) is 30.5 Å². The number of aromatic nitrogens is 1. The van der Waals surface area contributed by atoms with Gasteiger partial charge in [0.2, 0.25) is 0 Å². The standard InChI is InChI=1S/C16H20N2O4S/c1-22-8-7-18-10-14(13-4-2-3-5-15(13)18)16(19)17-12-6-9-23(20,21)11-12/h2-5,10,12H,6-9,11H2,1H3,(H,17,19). The zero-order valence-electron chi connectivity index (χ0n) is 13.0. The lowest BCUT2D eigenvalue weighted by atomic mass is 10.1. The summed E-state index contributed by atoms with van der Waals surface area (Å²) in [6, 6.07) is 7.38. The van der Waals surface area contributed by atoms with Crippen molar-refractivity contribution in [2.24, 2.45) is 0 Å². The van der Waals surface area contributed by atoms with Gasteiger partial charge in [-0.3, -0.25) is 4.79 Å². The van der Waals surface area contributed by atoms with Crippen LogP contribution in [0.2, 0.25) is 0 Å². The van der Waals surface area contributed by atoms with Crippen LogP contribution in [-0.2, 0) is 21.1 Å². The Morgan fingerprint density at radius 2 is 2.17 bits per heavy atom. The molecule has 6 nitrogen and oxygen atoms in total. The Kier molecular flexibility index (Phi) is 4.41. The highest BCUT2D eigenvalue weighted by atomic mass is 32.2. The first kappa shape index (κ1) is 16.0. The van der Waals surface area contributed by atoms with Gasteiger partial charge in [-0.1, -0.05) is 18.2 Å². The third-order valence-corrected chi connectivity index (χ3v) is 5.91. The van der Waals surface area contributed by atoms with Gasteiger partial charge in [0, 0.05) is 36.8 Å². The lowest BCUT2D eigenvalue weighted by Crippen LogP contribution is -2.35. The summed E-state index contributed by atoms with van der Waals surface area (Å²) in [6.45, 7) is 1.21. The van der Waals surface area contributed by atoms with E-state index in [-0.39, 0.29) is 23.5 Å². The Morgan fingerprint density at radius 1 is 1.39 bits per heavy atom. The van der Waals surface area contributed by atoms with Gasteiger partial charge in [-0.05, 0) is 12.5 Å². The Balaban J connectivity index is 1.85. The van der Waals surface area contributed by atoms with Gasteiger partial charge in [0.1, 0.15) is 0 Å². The Bertz CT molecular complexity index is 826. The van der Waals surface area contributed by atoms with Crippen molar-refractivity contribution in [2.75, 3.05) is 25.2 Å². The van der Waals surface area contributed by atoms with Crippen molar-refractivity contribution in [3.63, 3.8) is 0 Å². The monoisotopic (exact) mass is 336 g/mol. The summed E-state index contributed by atoms with van der Waals surface area (Å²) < 4.78 is 30.1. The minimum atomic E-state index is -3.01. The van der Waals surface area contributed by atoms with Crippen molar-refractivity contribution in [2.45, 2.75) is 19.0 Å². The van der Waals surface area contributed by atoms with E-state index in [4.69, 9.17) is 4.74 Å². The van der Waals surface area contributed by atoms with Gasteiger partial charge in [-0.15, -0.1) is 0 Å². The molecule has 1 unspecified atom stereocenters. The van der Waals surface area contributed by atoms with Crippen LogP contribution < -0.4 is 5.32 Å². The average molecular weight is 336 g/mol. The molecule has 23 heavy (non-hydrogen) atoms. The number of para-hydroxylation sites is 1. The number of ether oxygens (including phenoxy) is 1. The van der Waals surface area contributed by atoms with Crippen LogP contribution in [0, 0.1) is 0 Å². The maximum absolute atomic E-state index is 12.6. The molecular formula is C16H20N2O4S. The first-order valence-electron chi connectivity index (χ1n) is 7.58. The second-order valence-corrected chi connectivity index (χ2v) is 8.05. The summed E-state index contributed by atoms with van der Waals surface area (Å²) in [5.74, 6) is -0.0475. The molecule has 1 fully saturated rings. The largest absolute Gasteiger partial charge is 0.383 e. The van der Waals surface area contributed by atoms with Crippen LogP contribution in [0.4, 0.5) is 0 Å². The second-order valence-electron chi connectivity index (χ2n) is 5.82. The van der Waals surface area contributed by atoms with Gasteiger partial charge in [0.05, 0.1) is 23.7 Å². The normalized spacial score (nSPS) is 20.0. The number of methoxy groups -OCH3 is 1. The van der Waals surface area contributed by atoms with Gasteiger partial charge in [0.25, 0.3) is 5.91 Å². The van der Waals surface area contributed by atoms with E-state index in [0.29, 0.717) is 25.1 Å². The lowest BCUT2D eigenvalue weighted by molar-refractivity contribution is 0.0942. The molecule has 1 amide bonds. The van der Waals surface area contributed by atoms with E-state index in [1.165, 1.54) is 0 Å². The third kappa shape index (κ3) is 3.40. The molecule has 1 aliphatic heterocycles. The number of nitrogens with zero attached hydrogens (tertiary/aromatic N) is 1. The molecule has 1 saturated heterocycles. The van der Waals surface area contributed by atoms with Crippen molar-refractivity contribution >= 4 is 26.6 Å². The number of hydrogen-bond donors (Lipinski definition) is 1. The number of hydrogen-bond acceptors (Lipinski definition) is 4. The van der Waals surface area contributed by atoms with Gasteiger partial charge in [0.15, 0.2) is 9.84 Å². The summed E-state index contributed by atoms with van der Waals surface area (Å²) in [5, 5.41) is 3.71. The fourth-order valence-corrected chi connectivity index (χ4v) is 4.65. The number of sulfone groups is 1. The van der Waals surface area contributed by atoms with E-state index >= 15 is 0 Å². The fourth-order valence-electron chi connectivity index (χ4n) is 2.97. The zero-order chi connectivity index (χ0) is 16.4. The average Bonchev–Trinajstić information content (AvgIpc) is 3.05. The highest BCUT2D eigenvalue weighted by Gasteiger charge is 2.29. The van der Waals surface area contributed by atoms with E-state index in [0.717, 1.165) is 10.9 Å². The third-order valence-electron chi connectivity index (χ3n) is 4.14. The number of carbonyl (C=O) groups excluding carboxylic acids is 1. The second kappa shape index (κ2) is 6.33. The molecule has 1 aromatic heterocycles. The van der Waals surface area contributed by atoms with Crippen LogP contribution in [0.5, 0.6) is 0 Å². The molecular weight excluding hydrogens is 316 g/mol. The van der Waals surface area contributed by atoms with Crippen LogP contribution in [0.25, 0.3) is 10.9 Å². The maximum Gasteiger partial charge on any atom is 0.253 e. The van der Waals surface area contributed by atoms with Crippen LogP contribution in [0.3, 0.4) is 0 Å². The van der Waals surface area contributed by atoms with Gasteiger partial charge in [-0.2, -0.15) is 0 Å². The molecule has 1 aromatic carbocycles. The molecule has 2 aromatic rings. The lowest BCUT2D eigenvalue weighted by Gasteiger charge is -2.10. The van der Waals surface area contributed by atoms with E-state index < -0.39 is 9.84 Å². The van der Waals surface area contributed by atoms with Crippen molar-refractivity contribution < 1.29 is 17.9 Å². The molecule has 7 heteroatoms. The predicted octanol–water partition coefficient (Wildman–Crippen LogP) is 1.20. The molecule has 1 N–H and O–H groups in total. The van der Waals surface area contributed by atoms with E-state index in [2.05, 4.69) is 5.32 Å². The molecule has 3 rings (SSSR count). The van der Waals surface area contributed by atoms with Gasteiger partial charge < -0.3 is 14.6 Å². The summed E-state index contributed by atoms with van der Waals surface area (Å²) >= 11 is 0. The van der Waals surface area contributed by atoms with Crippen molar-refractivity contribution in [3.8, 4) is 0 Å². The van der Waals surface area contributed by atoms with Crippen molar-refractivity contribution in [1.29, 1.82) is 0 Å². The van der Waals surface area contributed by atoms with E-state index in [9.17, 15) is 13.2 Å². The molecule has 0 bridgehead atoms. The van der Waals surface area contributed by atoms with Crippen molar-refractivity contribution in [3.05, 3.63) is 36.0 Å². The SMILES string of the molecule is COCCn1cc(C(=O)NC2CCS(=O)(=O)C2)c2ccccc21. The maximum atomic E-state index is 12.6. The topological polar surface area (TPSA) is 77.4 Å². The summed E-state index contributed by atoms with van der Waals surface area (Å²) in [7, 11) is -1.37. The van der Waals surface area contributed by atoms with Crippen LogP contribution in [0.1, 0.15) is 16.8 Å². The zero-order valence-corrected chi connectivity index (χ0v) is 13.8. The van der Waals surface area contributed by atoms with Crippen molar-refractivity contribution in [1.82, 2.24) is 9.88 Å². The number of amides is 1. The number of carbonyl (C=O) groups is 1. The molecule has 0 spiro atoms. The summed E-state index contributed by atoms with van der Waals surface area (Å²) in [6.07, 6.45) is 2.29. The number of benzene rings is 1. The number of fused-ring (bicyclic) bond motifs is 1. The molecule has 0 saturated carbocycles. The quantitative estimate of drug-likeness (QED) is 0.890. The Hall–Kier alpha value is -1.86. The van der Waals surface area contributed by atoms with Crippen LogP contribution >= 0.6 is 0 Å². The highest BCUT2D eigenvalue weighted by molar-refractivity contribution is 7.91. The molecule has 124 valence electrons. The Labute approximate surface area is 135 Å². The minimum absolute atomic E-state index is 0.0288. The molecule has 2 heterocycles. The number of nitrogens with one attached hydrogen (secondary N) is 1. The smallest absolute Gasteiger partial charge is 0.253 e. The van der Waals surface area contributed by atoms with E-state index in [1.54, 1.807) is 7.11 Å². The van der Waals surface area contributed by atoms with Gasteiger partial charge >= 0.3 is 0 Å². The fraction of sp³-hybridized carbons (Fsp3) is 0.438. The first-order chi connectivity index (χ1) is 11.0.